The molecule has 0 aromatic carbocycles. The van der Waals surface area contributed by atoms with Gasteiger partial charge in [0.25, 0.3) is 0 Å². The average Bonchev–Trinajstić information content (AvgIpc) is 2.06. The van der Waals surface area contributed by atoms with Crippen LogP contribution in [0.4, 0.5) is 0 Å². The lowest BCUT2D eigenvalue weighted by atomic mass is 10.2. The van der Waals surface area contributed by atoms with Crippen molar-refractivity contribution < 1.29 is 25.5 Å². The number of carbonyl (C=O) groups is 1. The molecule has 0 amide bonds. The number of hydrogen-bond donors (Lipinski definition) is 3. The molecule has 0 saturated carbocycles. The largest absolute Gasteiger partial charge is 0.550 e. The second kappa shape index (κ2) is 11.1. The number of carbonyl (C=O) groups excluding carboxylic acids is 1. The van der Waals surface area contributed by atoms with Crippen molar-refractivity contribution in [1.82, 2.24) is 0 Å². The Balaban J connectivity index is 0. The third-order valence-corrected chi connectivity index (χ3v) is 1.15. The highest BCUT2D eigenvalue weighted by atomic mass is 16.4. The zero-order valence-corrected chi connectivity index (χ0v) is 7.82. The molecule has 78 valence electrons. The van der Waals surface area contributed by atoms with Crippen molar-refractivity contribution >= 4 is 11.7 Å². The van der Waals surface area contributed by atoms with Gasteiger partial charge in [0, 0.05) is 5.97 Å². The Morgan fingerprint density at radius 1 is 1.31 bits per heavy atom. The Hall–Kier alpha value is -0.940. The molecular formula is C8H17NO4. The second-order valence-electron chi connectivity index (χ2n) is 2.33. The smallest absolute Gasteiger partial charge is 0.153 e. The van der Waals surface area contributed by atoms with E-state index >= 15 is 0 Å². The summed E-state index contributed by atoms with van der Waals surface area (Å²) in [7, 11) is 0. The molecule has 0 rings (SSSR count). The minimum Gasteiger partial charge on any atom is -0.550 e. The maximum absolute atomic E-state index is 9.26. The van der Waals surface area contributed by atoms with Crippen LogP contribution in [0.2, 0.25) is 0 Å². The summed E-state index contributed by atoms with van der Waals surface area (Å²) in [5.41, 5.74) is 0.662. The first kappa shape index (κ1) is 14.6. The molecule has 0 saturated heterocycles. The average molecular weight is 191 g/mol. The van der Waals surface area contributed by atoms with E-state index in [1.165, 1.54) is 6.92 Å². The second-order valence-corrected chi connectivity index (χ2v) is 2.33. The van der Waals surface area contributed by atoms with E-state index in [0.29, 0.717) is 18.6 Å². The first-order chi connectivity index (χ1) is 6.08. The van der Waals surface area contributed by atoms with Crippen LogP contribution < -0.4 is 10.5 Å². The molecule has 0 bridgehead atoms. The van der Waals surface area contributed by atoms with Gasteiger partial charge in [0.15, 0.2) is 5.71 Å². The molecule has 0 unspecified atom stereocenters. The van der Waals surface area contributed by atoms with E-state index in [0.717, 1.165) is 0 Å². The zero-order chi connectivity index (χ0) is 10.7. The molecule has 5 heteroatoms. The van der Waals surface area contributed by atoms with Crippen molar-refractivity contribution in [2.24, 2.45) is 0 Å². The van der Waals surface area contributed by atoms with Gasteiger partial charge in [-0.3, -0.25) is 5.41 Å². The van der Waals surface area contributed by atoms with Gasteiger partial charge in [-0.05, 0) is 6.42 Å². The van der Waals surface area contributed by atoms with Crippen LogP contribution in [0, 0.1) is 0 Å². The topological polar surface area (TPSA) is 106 Å². The molecule has 13 heavy (non-hydrogen) atoms. The lowest BCUT2D eigenvalue weighted by molar-refractivity contribution is -0.305. The molecule has 0 aliphatic carbocycles. The molecule has 4 N–H and O–H groups in total. The molecule has 0 fully saturated rings. The molecule has 5 nitrogen and oxygen atoms in total. The van der Waals surface area contributed by atoms with Gasteiger partial charge in [0.05, 0.1) is 26.1 Å². The third kappa shape index (κ3) is 18.2. The van der Waals surface area contributed by atoms with Crippen molar-refractivity contribution in [3.63, 3.8) is 0 Å². The molecular weight excluding hydrogens is 174 g/mol. The van der Waals surface area contributed by atoms with E-state index in [1.54, 1.807) is 0 Å². The van der Waals surface area contributed by atoms with E-state index in [1.807, 2.05) is 0 Å². The van der Waals surface area contributed by atoms with Crippen molar-refractivity contribution in [3.8, 4) is 0 Å². The fraction of sp³-hybridized carbons (Fsp3) is 0.750. The Morgan fingerprint density at radius 2 is 1.62 bits per heavy atom. The molecule has 0 aromatic heterocycles. The molecule has 0 aliphatic heterocycles. The quantitative estimate of drug-likeness (QED) is 0.405. The van der Waals surface area contributed by atoms with Crippen LogP contribution in [-0.2, 0) is 4.79 Å². The highest BCUT2D eigenvalue weighted by Crippen LogP contribution is 1.82. The Morgan fingerprint density at radius 3 is 1.77 bits per heavy atom. The van der Waals surface area contributed by atoms with Gasteiger partial charge in [-0.2, -0.15) is 0 Å². The van der Waals surface area contributed by atoms with E-state index in [4.69, 9.17) is 15.6 Å². The fourth-order valence-corrected chi connectivity index (χ4v) is 0.412. The maximum atomic E-state index is 9.26. The van der Waals surface area contributed by atoms with Gasteiger partial charge in [-0.25, -0.2) is 0 Å². The van der Waals surface area contributed by atoms with Gasteiger partial charge >= 0.3 is 0 Å². The first-order valence-corrected chi connectivity index (χ1v) is 4.10. The molecule has 0 aliphatic rings. The molecule has 0 radical (unpaired) electrons. The number of rotatable bonds is 5. The Kier molecular flexibility index (Phi) is 12.4. The van der Waals surface area contributed by atoms with Crippen LogP contribution in [0.5, 0.6) is 0 Å². The fourth-order valence-electron chi connectivity index (χ4n) is 0.412. The number of aliphatic carboxylic acids is 1. The molecule has 0 aromatic rings. The minimum atomic E-state index is -0.995. The van der Waals surface area contributed by atoms with Crippen LogP contribution in [0.3, 0.4) is 0 Å². The Labute approximate surface area is 77.5 Å². The summed E-state index contributed by atoms with van der Waals surface area (Å²) in [6, 6.07) is 0. The van der Waals surface area contributed by atoms with Crippen LogP contribution in [-0.4, -0.2) is 35.1 Å². The van der Waals surface area contributed by atoms with E-state index in [2.05, 4.69) is 0 Å². The first-order valence-electron chi connectivity index (χ1n) is 4.10. The van der Waals surface area contributed by atoms with Gasteiger partial charge in [0.1, 0.15) is 0 Å². The number of nitrogens with two attached hydrogens (primary N) is 1. The lowest BCUT2D eigenvalue weighted by Crippen LogP contribution is -2.40. The van der Waals surface area contributed by atoms with Crippen LogP contribution in [0.1, 0.15) is 26.2 Å². The number of carboxylic acids is 1. The Bertz CT molecular complexity index is 139. The minimum absolute atomic E-state index is 0.0752. The van der Waals surface area contributed by atoms with Gasteiger partial charge in [-0.15, -0.1) is 0 Å². The summed E-state index contributed by atoms with van der Waals surface area (Å²) in [5, 5.41) is 31.1. The van der Waals surface area contributed by atoms with E-state index < -0.39 is 5.97 Å². The van der Waals surface area contributed by atoms with Crippen molar-refractivity contribution in [3.05, 3.63) is 0 Å². The van der Waals surface area contributed by atoms with Gasteiger partial charge in [-0.1, -0.05) is 6.92 Å². The summed E-state index contributed by atoms with van der Waals surface area (Å²) in [6.07, 6.45) is 1.11. The number of aliphatic hydroxyl groups excluding tert-OH is 2. The van der Waals surface area contributed by atoms with Crippen LogP contribution in [0.15, 0.2) is 0 Å². The van der Waals surface area contributed by atoms with Crippen molar-refractivity contribution in [2.45, 2.75) is 26.2 Å². The summed E-state index contributed by atoms with van der Waals surface area (Å²) in [5.74, 6) is -0.995. The standard InChI is InChI=1S/C5H11NO2.C3H6O2/c6-5(1-3-7)2-4-8;1-2-3(4)5/h6-8H,1-4H2;2H2,1H3,(H,4,5). The van der Waals surface area contributed by atoms with Crippen molar-refractivity contribution in [2.75, 3.05) is 13.2 Å². The predicted octanol–water partition coefficient (Wildman–Crippen LogP) is -2.90. The zero-order valence-electron chi connectivity index (χ0n) is 7.82. The lowest BCUT2D eigenvalue weighted by Gasteiger charge is -1.89. The van der Waals surface area contributed by atoms with E-state index in [9.17, 15) is 9.90 Å². The monoisotopic (exact) mass is 191 g/mol. The van der Waals surface area contributed by atoms with E-state index in [-0.39, 0.29) is 19.6 Å². The highest BCUT2D eigenvalue weighted by molar-refractivity contribution is 5.78. The number of aliphatic hydroxyl groups is 2. The normalized spacial score (nSPS) is 8.54. The van der Waals surface area contributed by atoms with Crippen LogP contribution >= 0.6 is 0 Å². The summed E-state index contributed by atoms with van der Waals surface area (Å²) < 4.78 is 0. The summed E-state index contributed by atoms with van der Waals surface area (Å²) >= 11 is 0. The number of hydrogen-bond acceptors (Lipinski definition) is 4. The summed E-state index contributed by atoms with van der Waals surface area (Å²) in [6.45, 7) is 1.69. The van der Waals surface area contributed by atoms with Gasteiger partial charge < -0.3 is 20.1 Å². The SMILES string of the molecule is CCC(=O)[O-].[NH2+]=C(CCO)CCO. The molecule has 0 spiro atoms. The summed E-state index contributed by atoms with van der Waals surface area (Å²) in [4.78, 5) is 9.26. The van der Waals surface area contributed by atoms with Crippen molar-refractivity contribution in [1.29, 1.82) is 0 Å². The number of carboxylic acid groups (broad SMARTS) is 1. The van der Waals surface area contributed by atoms with Crippen LogP contribution in [0.25, 0.3) is 0 Å². The highest BCUT2D eigenvalue weighted by Gasteiger charge is 1.98. The molecule has 0 heterocycles. The predicted molar refractivity (Wildman–Crippen MR) is 45.6 cm³/mol. The maximum Gasteiger partial charge on any atom is 0.153 e. The third-order valence-electron chi connectivity index (χ3n) is 1.15. The van der Waals surface area contributed by atoms with Gasteiger partial charge in [0.2, 0.25) is 0 Å². The molecule has 0 atom stereocenters.